The number of benzene rings is 1. The van der Waals surface area contributed by atoms with E-state index in [4.69, 9.17) is 9.47 Å². The molecule has 1 N–H and O–H groups in total. The number of fused-ring (bicyclic) bond motifs is 1. The number of carbonyl (C=O) groups is 1. The molecular weight excluding hydrogens is 394 g/mol. The monoisotopic (exact) mass is 419 g/mol. The van der Waals surface area contributed by atoms with Gasteiger partial charge < -0.3 is 14.8 Å². The fourth-order valence-electron chi connectivity index (χ4n) is 6.34. The minimum Gasteiger partial charge on any atom is -0.486 e. The summed E-state index contributed by atoms with van der Waals surface area (Å²) in [4.78, 5) is 12.7. The van der Waals surface area contributed by atoms with Crippen LogP contribution in [-0.2, 0) is 11.3 Å². The Morgan fingerprint density at radius 2 is 1.85 bits per heavy atom. The van der Waals surface area contributed by atoms with E-state index in [0.29, 0.717) is 30.5 Å². The summed E-state index contributed by atoms with van der Waals surface area (Å²) in [5.74, 6) is 3.41. The Balaban J connectivity index is 1.22. The van der Waals surface area contributed by atoms with Crippen molar-refractivity contribution < 1.29 is 14.3 Å². The number of ether oxygens (including phenoxy) is 2. The SMILES string of the molecule is O=C(CC12CC3CC(CC(Br)(C3)C1)C2)NCc1ccc2c(c1)OCCO2. The van der Waals surface area contributed by atoms with Gasteiger partial charge in [0.05, 0.1) is 0 Å². The number of carbonyl (C=O) groups excluding carboxylic acids is 1. The minimum absolute atomic E-state index is 0.193. The lowest BCUT2D eigenvalue weighted by molar-refractivity contribution is -0.128. The molecule has 1 amide bonds. The number of hydrogen-bond acceptors (Lipinski definition) is 3. The van der Waals surface area contributed by atoms with E-state index in [1.165, 1.54) is 38.5 Å². The van der Waals surface area contributed by atoms with Gasteiger partial charge in [0.25, 0.3) is 0 Å². The van der Waals surface area contributed by atoms with Crippen LogP contribution in [0.2, 0.25) is 0 Å². The standard InChI is InChI=1S/C21H26BrNO3/c22-21-9-15-5-16(10-21)8-20(7-15,13-21)11-19(24)23-12-14-1-2-17-18(6-14)26-4-3-25-17/h1-2,6,15-16H,3-5,7-13H2,(H,23,24). The van der Waals surface area contributed by atoms with Crippen molar-refractivity contribution in [2.45, 2.75) is 55.8 Å². The van der Waals surface area contributed by atoms with E-state index in [1.54, 1.807) is 0 Å². The summed E-state index contributed by atoms with van der Waals surface area (Å²) in [6.45, 7) is 1.74. The third-order valence-corrected chi connectivity index (χ3v) is 7.67. The molecule has 4 nitrogen and oxygen atoms in total. The van der Waals surface area contributed by atoms with Gasteiger partial charge in [-0.3, -0.25) is 4.79 Å². The maximum absolute atomic E-state index is 12.7. The van der Waals surface area contributed by atoms with Crippen molar-refractivity contribution in [3.8, 4) is 11.5 Å². The number of halogens is 1. The molecule has 0 aromatic heterocycles. The normalized spacial score (nSPS) is 36.8. The summed E-state index contributed by atoms with van der Waals surface area (Å²) < 4.78 is 11.5. The highest BCUT2D eigenvalue weighted by Crippen LogP contribution is 2.65. The number of alkyl halides is 1. The average molecular weight is 420 g/mol. The van der Waals surface area contributed by atoms with E-state index >= 15 is 0 Å². The maximum Gasteiger partial charge on any atom is 0.220 e. The molecular formula is C21H26BrNO3. The molecule has 4 fully saturated rings. The van der Waals surface area contributed by atoms with Gasteiger partial charge in [0, 0.05) is 17.3 Å². The molecule has 6 rings (SSSR count). The van der Waals surface area contributed by atoms with E-state index in [0.717, 1.165) is 28.9 Å². The maximum atomic E-state index is 12.7. The van der Waals surface area contributed by atoms with Gasteiger partial charge in [0.2, 0.25) is 5.91 Å². The first kappa shape index (κ1) is 16.9. The Labute approximate surface area is 163 Å². The Bertz CT molecular complexity index is 720. The van der Waals surface area contributed by atoms with Gasteiger partial charge in [0.1, 0.15) is 13.2 Å². The number of nitrogens with one attached hydrogen (secondary N) is 1. The highest BCUT2D eigenvalue weighted by atomic mass is 79.9. The fraction of sp³-hybridized carbons (Fsp3) is 0.667. The number of amides is 1. The molecule has 26 heavy (non-hydrogen) atoms. The minimum atomic E-state index is 0.193. The molecule has 2 unspecified atom stereocenters. The zero-order valence-corrected chi connectivity index (χ0v) is 16.6. The van der Waals surface area contributed by atoms with Gasteiger partial charge >= 0.3 is 0 Å². The van der Waals surface area contributed by atoms with Crippen LogP contribution in [0.25, 0.3) is 0 Å². The number of rotatable bonds is 4. The molecule has 0 spiro atoms. The quantitative estimate of drug-likeness (QED) is 0.743. The van der Waals surface area contributed by atoms with Gasteiger partial charge in [-0.15, -0.1) is 0 Å². The summed E-state index contributed by atoms with van der Waals surface area (Å²) in [6, 6.07) is 5.92. The second-order valence-electron chi connectivity index (χ2n) is 9.04. The van der Waals surface area contributed by atoms with E-state index in [-0.39, 0.29) is 11.3 Å². The third-order valence-electron chi connectivity index (χ3n) is 6.74. The fourth-order valence-corrected chi connectivity index (χ4v) is 7.85. The van der Waals surface area contributed by atoms with Gasteiger partial charge in [-0.1, -0.05) is 22.0 Å². The van der Waals surface area contributed by atoms with Crippen molar-refractivity contribution in [1.82, 2.24) is 5.32 Å². The van der Waals surface area contributed by atoms with Crippen LogP contribution < -0.4 is 14.8 Å². The molecule has 4 bridgehead atoms. The van der Waals surface area contributed by atoms with Gasteiger partial charge in [0.15, 0.2) is 11.5 Å². The lowest BCUT2D eigenvalue weighted by Gasteiger charge is -2.60. The second-order valence-corrected chi connectivity index (χ2v) is 10.7. The lowest BCUT2D eigenvalue weighted by atomic mass is 9.48. The first-order valence-corrected chi connectivity index (χ1v) is 10.6. The Kier molecular flexibility index (Phi) is 4.00. The molecule has 5 heteroatoms. The molecule has 0 radical (unpaired) electrons. The molecule has 5 aliphatic rings. The highest BCUT2D eigenvalue weighted by molar-refractivity contribution is 9.10. The van der Waals surface area contributed by atoms with Crippen molar-refractivity contribution in [3.05, 3.63) is 23.8 Å². The Morgan fingerprint density at radius 3 is 2.58 bits per heavy atom. The molecule has 140 valence electrons. The molecule has 1 aliphatic heterocycles. The van der Waals surface area contributed by atoms with E-state index in [9.17, 15) is 4.79 Å². The van der Waals surface area contributed by atoms with E-state index in [1.807, 2.05) is 18.2 Å². The Morgan fingerprint density at radius 1 is 1.12 bits per heavy atom. The van der Waals surface area contributed by atoms with E-state index in [2.05, 4.69) is 21.2 Å². The van der Waals surface area contributed by atoms with Crippen LogP contribution in [0, 0.1) is 17.3 Å². The van der Waals surface area contributed by atoms with E-state index < -0.39 is 0 Å². The summed E-state index contributed by atoms with van der Waals surface area (Å²) in [7, 11) is 0. The van der Waals surface area contributed by atoms with Crippen LogP contribution in [0.3, 0.4) is 0 Å². The number of hydrogen-bond donors (Lipinski definition) is 1. The molecule has 0 saturated heterocycles. The molecule has 1 aromatic rings. The smallest absolute Gasteiger partial charge is 0.220 e. The molecule has 4 saturated carbocycles. The van der Waals surface area contributed by atoms with Crippen LogP contribution in [0.1, 0.15) is 50.5 Å². The van der Waals surface area contributed by atoms with Gasteiger partial charge in [-0.2, -0.15) is 0 Å². The van der Waals surface area contributed by atoms with Gasteiger partial charge in [-0.05, 0) is 73.5 Å². The predicted octanol–water partition coefficient (Wildman–Crippen LogP) is 4.20. The van der Waals surface area contributed by atoms with Crippen molar-refractivity contribution in [2.75, 3.05) is 13.2 Å². The molecule has 1 aromatic carbocycles. The lowest BCUT2D eigenvalue weighted by Crippen LogP contribution is -2.54. The highest BCUT2D eigenvalue weighted by Gasteiger charge is 2.57. The van der Waals surface area contributed by atoms with Crippen molar-refractivity contribution in [2.24, 2.45) is 17.3 Å². The molecule has 4 aliphatic carbocycles. The molecule has 1 heterocycles. The topological polar surface area (TPSA) is 47.6 Å². The summed E-state index contributed by atoms with van der Waals surface area (Å²) in [5, 5.41) is 3.14. The van der Waals surface area contributed by atoms with Crippen LogP contribution in [0.4, 0.5) is 0 Å². The van der Waals surface area contributed by atoms with Crippen molar-refractivity contribution >= 4 is 21.8 Å². The largest absolute Gasteiger partial charge is 0.486 e. The zero-order chi connectivity index (χ0) is 17.8. The second kappa shape index (κ2) is 6.15. The summed E-state index contributed by atoms with van der Waals surface area (Å²) >= 11 is 4.04. The predicted molar refractivity (Wildman–Crippen MR) is 103 cm³/mol. The van der Waals surface area contributed by atoms with Crippen molar-refractivity contribution in [1.29, 1.82) is 0 Å². The van der Waals surface area contributed by atoms with Crippen LogP contribution >= 0.6 is 15.9 Å². The van der Waals surface area contributed by atoms with Crippen LogP contribution in [0.5, 0.6) is 11.5 Å². The zero-order valence-electron chi connectivity index (χ0n) is 15.1. The average Bonchev–Trinajstić information content (AvgIpc) is 2.57. The van der Waals surface area contributed by atoms with Gasteiger partial charge in [-0.25, -0.2) is 0 Å². The van der Waals surface area contributed by atoms with Crippen molar-refractivity contribution in [3.63, 3.8) is 0 Å². The first-order chi connectivity index (χ1) is 12.5. The summed E-state index contributed by atoms with van der Waals surface area (Å²) in [5.41, 5.74) is 1.29. The molecule has 2 atom stereocenters. The van der Waals surface area contributed by atoms with Crippen LogP contribution in [0.15, 0.2) is 18.2 Å². The summed E-state index contributed by atoms with van der Waals surface area (Å²) in [6.07, 6.45) is 8.34. The third kappa shape index (κ3) is 3.12. The Hall–Kier alpha value is -1.23. The van der Waals surface area contributed by atoms with Crippen LogP contribution in [-0.4, -0.2) is 23.4 Å². The first-order valence-electron chi connectivity index (χ1n) is 9.85.